The minimum Gasteiger partial charge on any atom is -0.379 e. The number of anilines is 1. The Balaban J connectivity index is 1.80. The zero-order chi connectivity index (χ0) is 13.2. The molecule has 0 atom stereocenters. The lowest BCUT2D eigenvalue weighted by Gasteiger charge is -2.09. The molecule has 2 N–H and O–H groups in total. The van der Waals surface area contributed by atoms with E-state index in [2.05, 4.69) is 45.6 Å². The first kappa shape index (κ1) is 11.7. The maximum Gasteiger partial charge on any atom is 0.0654 e. The zero-order valence-corrected chi connectivity index (χ0v) is 11.1. The summed E-state index contributed by atoms with van der Waals surface area (Å²) in [7, 11) is 0. The lowest BCUT2D eigenvalue weighted by Crippen LogP contribution is -2.02. The highest BCUT2D eigenvalue weighted by atomic mass is 15.1. The maximum absolute atomic E-state index is 4.39. The standard InChI is InChI=1S/C15H16N4/c1-10-3-4-13(16-7-10)9-17-14-6-12-8-18-19-15(12)5-11(14)2/h3-8,17H,9H2,1-2H3,(H,18,19). The van der Waals surface area contributed by atoms with Gasteiger partial charge in [0.2, 0.25) is 0 Å². The van der Waals surface area contributed by atoms with E-state index >= 15 is 0 Å². The third kappa shape index (κ3) is 2.42. The first-order chi connectivity index (χ1) is 9.22. The van der Waals surface area contributed by atoms with Crippen molar-refractivity contribution in [3.8, 4) is 0 Å². The second kappa shape index (κ2) is 4.72. The summed E-state index contributed by atoms with van der Waals surface area (Å²) < 4.78 is 0. The molecule has 4 nitrogen and oxygen atoms in total. The number of aromatic nitrogens is 3. The molecular weight excluding hydrogens is 236 g/mol. The van der Waals surface area contributed by atoms with Crippen LogP contribution in [0.5, 0.6) is 0 Å². The van der Waals surface area contributed by atoms with Crippen molar-refractivity contribution >= 4 is 16.6 Å². The Morgan fingerprint density at radius 3 is 2.84 bits per heavy atom. The van der Waals surface area contributed by atoms with Crippen LogP contribution >= 0.6 is 0 Å². The van der Waals surface area contributed by atoms with Crippen LogP contribution in [0.3, 0.4) is 0 Å². The van der Waals surface area contributed by atoms with E-state index in [4.69, 9.17) is 0 Å². The van der Waals surface area contributed by atoms with Crippen LogP contribution in [0.4, 0.5) is 5.69 Å². The summed E-state index contributed by atoms with van der Waals surface area (Å²) in [6, 6.07) is 8.35. The van der Waals surface area contributed by atoms with Crippen molar-refractivity contribution in [3.63, 3.8) is 0 Å². The normalized spacial score (nSPS) is 10.8. The highest BCUT2D eigenvalue weighted by Gasteiger charge is 2.03. The van der Waals surface area contributed by atoms with Crippen LogP contribution in [0, 0.1) is 13.8 Å². The van der Waals surface area contributed by atoms with Crippen LogP contribution in [0.15, 0.2) is 36.7 Å². The quantitative estimate of drug-likeness (QED) is 0.752. The van der Waals surface area contributed by atoms with Gasteiger partial charge >= 0.3 is 0 Å². The summed E-state index contributed by atoms with van der Waals surface area (Å²) in [5.74, 6) is 0. The summed E-state index contributed by atoms with van der Waals surface area (Å²) in [5, 5.41) is 11.6. The first-order valence-electron chi connectivity index (χ1n) is 6.31. The second-order valence-corrected chi connectivity index (χ2v) is 4.80. The number of nitrogens with zero attached hydrogens (tertiary/aromatic N) is 2. The van der Waals surface area contributed by atoms with Gasteiger partial charge in [0, 0.05) is 17.3 Å². The summed E-state index contributed by atoms with van der Waals surface area (Å²) in [4.78, 5) is 4.39. The van der Waals surface area contributed by atoms with Gasteiger partial charge in [-0.3, -0.25) is 10.1 Å². The number of hydrogen-bond acceptors (Lipinski definition) is 3. The number of benzene rings is 1. The van der Waals surface area contributed by atoms with E-state index in [1.54, 1.807) is 0 Å². The molecule has 0 aliphatic rings. The Morgan fingerprint density at radius 1 is 1.16 bits per heavy atom. The summed E-state index contributed by atoms with van der Waals surface area (Å²) in [6.45, 7) is 4.86. The minimum absolute atomic E-state index is 0.727. The number of hydrogen-bond donors (Lipinski definition) is 2. The monoisotopic (exact) mass is 252 g/mol. The van der Waals surface area contributed by atoms with Crippen molar-refractivity contribution in [1.29, 1.82) is 0 Å². The van der Waals surface area contributed by atoms with Gasteiger partial charge in [0.25, 0.3) is 0 Å². The van der Waals surface area contributed by atoms with Crippen LogP contribution in [0.2, 0.25) is 0 Å². The lowest BCUT2D eigenvalue weighted by atomic mass is 10.1. The van der Waals surface area contributed by atoms with E-state index in [1.165, 1.54) is 11.1 Å². The number of aromatic amines is 1. The third-order valence-electron chi connectivity index (χ3n) is 3.22. The van der Waals surface area contributed by atoms with Crippen molar-refractivity contribution in [2.45, 2.75) is 20.4 Å². The highest BCUT2D eigenvalue weighted by molar-refractivity contribution is 5.83. The maximum atomic E-state index is 4.39. The molecule has 0 unspecified atom stereocenters. The Hall–Kier alpha value is -2.36. The summed E-state index contributed by atoms with van der Waals surface area (Å²) >= 11 is 0. The van der Waals surface area contributed by atoms with Gasteiger partial charge in [0.15, 0.2) is 0 Å². The lowest BCUT2D eigenvalue weighted by molar-refractivity contribution is 1.03. The first-order valence-corrected chi connectivity index (χ1v) is 6.31. The molecule has 0 fully saturated rings. The van der Waals surface area contributed by atoms with Crippen LogP contribution in [-0.4, -0.2) is 15.2 Å². The molecule has 0 amide bonds. The molecule has 0 bridgehead atoms. The third-order valence-corrected chi connectivity index (χ3v) is 3.22. The molecule has 0 saturated carbocycles. The van der Waals surface area contributed by atoms with Gasteiger partial charge in [-0.1, -0.05) is 6.07 Å². The number of rotatable bonds is 3. The van der Waals surface area contributed by atoms with Gasteiger partial charge in [-0.2, -0.15) is 5.10 Å². The molecule has 3 rings (SSSR count). The molecule has 2 heterocycles. The van der Waals surface area contributed by atoms with E-state index in [0.717, 1.165) is 28.8 Å². The van der Waals surface area contributed by atoms with Gasteiger partial charge in [-0.15, -0.1) is 0 Å². The SMILES string of the molecule is Cc1ccc(CNc2cc3cn[nH]c3cc2C)nc1. The van der Waals surface area contributed by atoms with E-state index < -0.39 is 0 Å². The Bertz CT molecular complexity index is 698. The second-order valence-electron chi connectivity index (χ2n) is 4.80. The fourth-order valence-electron chi connectivity index (χ4n) is 2.08. The topological polar surface area (TPSA) is 53.6 Å². The number of nitrogens with one attached hydrogen (secondary N) is 2. The van der Waals surface area contributed by atoms with Crippen molar-refractivity contribution in [1.82, 2.24) is 15.2 Å². The predicted molar refractivity (Wildman–Crippen MR) is 77.1 cm³/mol. The largest absolute Gasteiger partial charge is 0.379 e. The fourth-order valence-corrected chi connectivity index (χ4v) is 2.08. The molecule has 1 aromatic carbocycles. The van der Waals surface area contributed by atoms with Gasteiger partial charge in [-0.25, -0.2) is 0 Å². The summed E-state index contributed by atoms with van der Waals surface area (Å²) in [5.41, 5.74) is 5.61. The average molecular weight is 252 g/mol. The molecular formula is C15H16N4. The van der Waals surface area contributed by atoms with Crippen LogP contribution < -0.4 is 5.32 Å². The molecule has 0 aliphatic carbocycles. The van der Waals surface area contributed by atoms with Crippen LogP contribution in [0.1, 0.15) is 16.8 Å². The zero-order valence-electron chi connectivity index (χ0n) is 11.1. The van der Waals surface area contributed by atoms with Crippen LogP contribution in [0.25, 0.3) is 10.9 Å². The Labute approximate surface area is 111 Å². The summed E-state index contributed by atoms with van der Waals surface area (Å²) in [6.07, 6.45) is 3.73. The molecule has 19 heavy (non-hydrogen) atoms. The van der Waals surface area contributed by atoms with E-state index in [0.29, 0.717) is 0 Å². The van der Waals surface area contributed by atoms with Crippen molar-refractivity contribution in [3.05, 3.63) is 53.5 Å². The molecule has 4 heteroatoms. The number of fused-ring (bicyclic) bond motifs is 1. The molecule has 2 aromatic heterocycles. The fraction of sp³-hybridized carbons (Fsp3) is 0.200. The number of pyridine rings is 1. The van der Waals surface area contributed by atoms with Crippen molar-refractivity contribution < 1.29 is 0 Å². The molecule has 3 aromatic rings. The van der Waals surface area contributed by atoms with Gasteiger partial charge < -0.3 is 5.32 Å². The van der Waals surface area contributed by atoms with Gasteiger partial charge in [0.1, 0.15) is 0 Å². The molecule has 0 radical (unpaired) electrons. The van der Waals surface area contributed by atoms with Crippen LogP contribution in [-0.2, 0) is 6.54 Å². The molecule has 96 valence electrons. The van der Waals surface area contributed by atoms with Crippen molar-refractivity contribution in [2.75, 3.05) is 5.32 Å². The molecule has 0 saturated heterocycles. The van der Waals surface area contributed by atoms with Gasteiger partial charge in [-0.05, 0) is 43.2 Å². The van der Waals surface area contributed by atoms with Gasteiger partial charge in [0.05, 0.1) is 24.0 Å². The van der Waals surface area contributed by atoms with E-state index in [9.17, 15) is 0 Å². The average Bonchev–Trinajstić information content (AvgIpc) is 2.85. The van der Waals surface area contributed by atoms with E-state index in [-0.39, 0.29) is 0 Å². The van der Waals surface area contributed by atoms with Crippen molar-refractivity contribution in [2.24, 2.45) is 0 Å². The van der Waals surface area contributed by atoms with E-state index in [1.807, 2.05) is 25.4 Å². The Morgan fingerprint density at radius 2 is 2.05 bits per heavy atom. The molecule has 0 spiro atoms. The molecule has 0 aliphatic heterocycles. The predicted octanol–water partition coefficient (Wildman–Crippen LogP) is 3.19. The minimum atomic E-state index is 0.727. The number of H-pyrrole nitrogens is 1. The number of aryl methyl sites for hydroxylation is 2. The highest BCUT2D eigenvalue weighted by Crippen LogP contribution is 2.22. The smallest absolute Gasteiger partial charge is 0.0654 e. The Kier molecular flexibility index (Phi) is 2.91.